The average molecular weight is 626 g/mol. The number of aromatic nitrogens is 3. The lowest BCUT2D eigenvalue weighted by Gasteiger charge is -2.12. The van der Waals surface area contributed by atoms with E-state index in [1.54, 1.807) is 0 Å². The molecule has 228 valence electrons. The number of fused-ring (bicyclic) bond motifs is 8. The highest BCUT2D eigenvalue weighted by Gasteiger charge is 2.20. The number of hydrogen-bond acceptors (Lipinski definition) is 4. The lowest BCUT2D eigenvalue weighted by atomic mass is 9.96. The minimum Gasteiger partial charge on any atom is -0.456 e. The summed E-state index contributed by atoms with van der Waals surface area (Å²) in [6.45, 7) is 0. The maximum atomic E-state index is 6.45. The van der Waals surface area contributed by atoms with E-state index in [4.69, 9.17) is 19.4 Å². The summed E-state index contributed by atoms with van der Waals surface area (Å²) in [6, 6.07) is 56.9. The normalized spacial score (nSPS) is 11.7. The summed E-state index contributed by atoms with van der Waals surface area (Å²) in [6.07, 6.45) is 0. The van der Waals surface area contributed by atoms with E-state index in [0.717, 1.165) is 55.1 Å². The summed E-state index contributed by atoms with van der Waals surface area (Å²) in [5, 5.41) is 9.34. The number of nitrogens with zero attached hydrogens (tertiary/aromatic N) is 3. The number of rotatable bonds is 4. The van der Waals surface area contributed by atoms with Gasteiger partial charge in [-0.1, -0.05) is 140 Å². The van der Waals surface area contributed by atoms with Crippen molar-refractivity contribution in [2.24, 2.45) is 0 Å². The third kappa shape index (κ3) is 4.57. The van der Waals surface area contributed by atoms with E-state index in [1.807, 2.05) is 54.6 Å². The van der Waals surface area contributed by atoms with Crippen LogP contribution in [0.4, 0.5) is 0 Å². The molecule has 2 heterocycles. The van der Waals surface area contributed by atoms with Gasteiger partial charge in [0.05, 0.1) is 0 Å². The molecule has 0 radical (unpaired) electrons. The minimum atomic E-state index is 0.600. The van der Waals surface area contributed by atoms with Gasteiger partial charge in [0.25, 0.3) is 0 Å². The fourth-order valence-corrected chi connectivity index (χ4v) is 7.14. The van der Waals surface area contributed by atoms with Crippen LogP contribution in [0, 0.1) is 0 Å². The van der Waals surface area contributed by atoms with Gasteiger partial charge in [0.1, 0.15) is 11.2 Å². The van der Waals surface area contributed by atoms with Gasteiger partial charge in [-0.3, -0.25) is 0 Å². The summed E-state index contributed by atoms with van der Waals surface area (Å²) in [5.74, 6) is 1.84. The van der Waals surface area contributed by atoms with Crippen LogP contribution in [0.1, 0.15) is 0 Å². The molecule has 4 nitrogen and oxygen atoms in total. The van der Waals surface area contributed by atoms with Crippen molar-refractivity contribution in [1.82, 2.24) is 15.0 Å². The van der Waals surface area contributed by atoms with Gasteiger partial charge >= 0.3 is 0 Å². The lowest BCUT2D eigenvalue weighted by molar-refractivity contribution is 0.669. The summed E-state index contributed by atoms with van der Waals surface area (Å²) in [5.41, 5.74) is 6.52. The van der Waals surface area contributed by atoms with Crippen molar-refractivity contribution in [2.45, 2.75) is 0 Å². The van der Waals surface area contributed by atoms with Gasteiger partial charge in [-0.15, -0.1) is 0 Å². The van der Waals surface area contributed by atoms with Crippen LogP contribution in [0.25, 0.3) is 99.5 Å². The van der Waals surface area contributed by atoms with Crippen molar-refractivity contribution in [3.8, 4) is 45.3 Å². The van der Waals surface area contributed by atoms with Crippen molar-refractivity contribution in [2.75, 3.05) is 0 Å². The Labute approximate surface area is 282 Å². The van der Waals surface area contributed by atoms with Crippen LogP contribution < -0.4 is 0 Å². The van der Waals surface area contributed by atoms with E-state index in [2.05, 4.69) is 109 Å². The summed E-state index contributed by atoms with van der Waals surface area (Å²) in [4.78, 5) is 15.4. The van der Waals surface area contributed by atoms with Crippen molar-refractivity contribution in [3.05, 3.63) is 164 Å². The van der Waals surface area contributed by atoms with Crippen molar-refractivity contribution in [3.63, 3.8) is 0 Å². The summed E-state index contributed by atoms with van der Waals surface area (Å²) < 4.78 is 6.45. The fraction of sp³-hybridized carbons (Fsp3) is 0. The Morgan fingerprint density at radius 2 is 0.918 bits per heavy atom. The van der Waals surface area contributed by atoms with Crippen LogP contribution in [-0.2, 0) is 0 Å². The molecule has 0 atom stereocenters. The Hall–Kier alpha value is -6.65. The molecule has 0 saturated carbocycles. The smallest absolute Gasteiger partial charge is 0.164 e. The zero-order chi connectivity index (χ0) is 32.3. The third-order valence-corrected chi connectivity index (χ3v) is 9.49. The van der Waals surface area contributed by atoms with Gasteiger partial charge in [0.15, 0.2) is 17.5 Å². The monoisotopic (exact) mass is 625 g/mol. The van der Waals surface area contributed by atoms with Crippen molar-refractivity contribution < 1.29 is 4.42 Å². The molecular weight excluding hydrogens is 599 g/mol. The summed E-state index contributed by atoms with van der Waals surface area (Å²) >= 11 is 0. The van der Waals surface area contributed by atoms with E-state index in [0.29, 0.717) is 17.5 Å². The van der Waals surface area contributed by atoms with E-state index in [9.17, 15) is 0 Å². The lowest BCUT2D eigenvalue weighted by Crippen LogP contribution is -2.00. The van der Waals surface area contributed by atoms with E-state index < -0.39 is 0 Å². The van der Waals surface area contributed by atoms with Gasteiger partial charge < -0.3 is 4.42 Å². The van der Waals surface area contributed by atoms with Crippen LogP contribution in [0.5, 0.6) is 0 Å². The SMILES string of the molecule is c1ccc(-c2cc(-c3nc(-c4ccccc4)nc(-c4ccc5c(ccc6c7ccccc7ccc56)c4)n3)c3c(c2)oc2ccccc23)cc1. The molecule has 0 unspecified atom stereocenters. The van der Waals surface area contributed by atoms with Crippen LogP contribution in [0.2, 0.25) is 0 Å². The summed E-state index contributed by atoms with van der Waals surface area (Å²) in [7, 11) is 0. The van der Waals surface area contributed by atoms with Crippen molar-refractivity contribution >= 4 is 54.3 Å². The molecular formula is C45H27N3O. The minimum absolute atomic E-state index is 0.600. The fourth-order valence-electron chi connectivity index (χ4n) is 7.14. The van der Waals surface area contributed by atoms with E-state index in [1.165, 1.54) is 26.9 Å². The highest BCUT2D eigenvalue weighted by molar-refractivity contribution is 6.17. The molecule has 0 aliphatic rings. The van der Waals surface area contributed by atoms with Crippen LogP contribution in [0.3, 0.4) is 0 Å². The molecule has 0 N–H and O–H groups in total. The second-order valence-electron chi connectivity index (χ2n) is 12.4. The molecule has 2 aromatic heterocycles. The first-order valence-electron chi connectivity index (χ1n) is 16.4. The first kappa shape index (κ1) is 27.5. The van der Waals surface area contributed by atoms with Gasteiger partial charge in [0, 0.05) is 27.5 Å². The topological polar surface area (TPSA) is 51.8 Å². The molecule has 0 aliphatic carbocycles. The molecule has 49 heavy (non-hydrogen) atoms. The molecule has 0 amide bonds. The van der Waals surface area contributed by atoms with Crippen LogP contribution in [-0.4, -0.2) is 15.0 Å². The number of benzene rings is 8. The Kier molecular flexibility index (Phi) is 6.15. The molecule has 10 rings (SSSR count). The molecule has 0 aliphatic heterocycles. The molecule has 0 fully saturated rings. The second-order valence-corrected chi connectivity index (χ2v) is 12.4. The van der Waals surface area contributed by atoms with E-state index >= 15 is 0 Å². The zero-order valence-corrected chi connectivity index (χ0v) is 26.3. The average Bonchev–Trinajstić information content (AvgIpc) is 3.56. The molecule has 4 heteroatoms. The molecule has 0 saturated heterocycles. The Morgan fingerprint density at radius 1 is 0.327 bits per heavy atom. The predicted octanol–water partition coefficient (Wildman–Crippen LogP) is 11.9. The van der Waals surface area contributed by atoms with E-state index in [-0.39, 0.29) is 0 Å². The molecule has 10 aromatic rings. The zero-order valence-electron chi connectivity index (χ0n) is 26.3. The maximum Gasteiger partial charge on any atom is 0.164 e. The van der Waals surface area contributed by atoms with Crippen molar-refractivity contribution in [1.29, 1.82) is 0 Å². The number of para-hydroxylation sites is 1. The molecule has 0 spiro atoms. The quantitative estimate of drug-likeness (QED) is 0.183. The predicted molar refractivity (Wildman–Crippen MR) is 201 cm³/mol. The number of hydrogen-bond donors (Lipinski definition) is 0. The van der Waals surface area contributed by atoms with Crippen LogP contribution in [0.15, 0.2) is 168 Å². The van der Waals surface area contributed by atoms with Crippen LogP contribution >= 0.6 is 0 Å². The second kappa shape index (κ2) is 11.0. The highest BCUT2D eigenvalue weighted by Crippen LogP contribution is 2.40. The van der Waals surface area contributed by atoms with Gasteiger partial charge in [-0.05, 0) is 67.7 Å². The molecule has 8 aromatic carbocycles. The van der Waals surface area contributed by atoms with Gasteiger partial charge in [-0.2, -0.15) is 0 Å². The number of furan rings is 1. The first-order chi connectivity index (χ1) is 24.3. The standard InChI is InChI=1S/C45H27N3O/c1-3-11-28(12-4-1)33-26-39(42-38-17-9-10-18-40(38)49-41(42)27-33)45-47-43(30-14-5-2-6-15-30)46-44(48-45)32-21-22-35-31(25-32)20-24-36-34-16-8-7-13-29(34)19-23-37(35)36/h1-27H. The maximum absolute atomic E-state index is 6.45. The Morgan fingerprint density at radius 3 is 1.71 bits per heavy atom. The first-order valence-corrected chi connectivity index (χ1v) is 16.4. The Balaban J connectivity index is 1.22. The molecule has 0 bridgehead atoms. The third-order valence-electron chi connectivity index (χ3n) is 9.49. The highest BCUT2D eigenvalue weighted by atomic mass is 16.3. The largest absolute Gasteiger partial charge is 0.456 e. The van der Waals surface area contributed by atoms with Gasteiger partial charge in [-0.25, -0.2) is 15.0 Å². The van der Waals surface area contributed by atoms with Gasteiger partial charge in [0.2, 0.25) is 0 Å². The Bertz CT molecular complexity index is 2880.